The van der Waals surface area contributed by atoms with Gasteiger partial charge in [0.15, 0.2) is 0 Å². The second-order valence-corrected chi connectivity index (χ2v) is 6.33. The average Bonchev–Trinajstić information content (AvgIpc) is 2.28. The number of ether oxygens (including phenoxy) is 1. The molecule has 1 saturated heterocycles. The topological polar surface area (TPSA) is 78.9 Å². The molecular formula is C10H22N2O4S. The van der Waals surface area contributed by atoms with Crippen molar-refractivity contribution in [3.8, 4) is 0 Å². The van der Waals surface area contributed by atoms with E-state index in [1.807, 2.05) is 13.8 Å². The summed E-state index contributed by atoms with van der Waals surface area (Å²) in [6.07, 6.45) is -0.581. The van der Waals surface area contributed by atoms with Crippen LogP contribution in [0.3, 0.4) is 0 Å². The summed E-state index contributed by atoms with van der Waals surface area (Å²) in [5.41, 5.74) is 0. The zero-order chi connectivity index (χ0) is 12.9. The van der Waals surface area contributed by atoms with Crippen molar-refractivity contribution in [2.75, 3.05) is 38.5 Å². The molecular weight excluding hydrogens is 244 g/mol. The van der Waals surface area contributed by atoms with Gasteiger partial charge in [0.1, 0.15) is 0 Å². The van der Waals surface area contributed by atoms with Gasteiger partial charge in [-0.1, -0.05) is 6.92 Å². The number of rotatable bonds is 6. The zero-order valence-electron chi connectivity index (χ0n) is 10.4. The van der Waals surface area contributed by atoms with E-state index in [2.05, 4.69) is 5.32 Å². The average molecular weight is 266 g/mol. The molecule has 0 aromatic carbocycles. The van der Waals surface area contributed by atoms with E-state index in [0.29, 0.717) is 13.1 Å². The van der Waals surface area contributed by atoms with Crippen molar-refractivity contribution in [3.63, 3.8) is 0 Å². The first-order chi connectivity index (χ1) is 7.99. The Morgan fingerprint density at radius 2 is 2.18 bits per heavy atom. The van der Waals surface area contributed by atoms with Crippen LogP contribution in [-0.4, -0.2) is 68.6 Å². The lowest BCUT2D eigenvalue weighted by Crippen LogP contribution is -2.51. The first kappa shape index (κ1) is 14.8. The molecule has 0 amide bonds. The minimum Gasteiger partial charge on any atom is -0.394 e. The molecule has 6 nitrogen and oxygen atoms in total. The minimum atomic E-state index is -3.25. The predicted molar refractivity (Wildman–Crippen MR) is 65.3 cm³/mol. The van der Waals surface area contributed by atoms with Gasteiger partial charge in [0.05, 0.1) is 24.6 Å². The lowest BCUT2D eigenvalue weighted by atomic mass is 10.2. The number of morpholine rings is 1. The van der Waals surface area contributed by atoms with Gasteiger partial charge in [-0.25, -0.2) is 8.42 Å². The summed E-state index contributed by atoms with van der Waals surface area (Å²) < 4.78 is 30.9. The molecule has 102 valence electrons. The molecule has 0 aromatic heterocycles. The molecule has 2 N–H and O–H groups in total. The number of nitrogens with zero attached hydrogens (tertiary/aromatic N) is 1. The smallest absolute Gasteiger partial charge is 0.215 e. The van der Waals surface area contributed by atoms with Gasteiger partial charge in [0, 0.05) is 19.6 Å². The van der Waals surface area contributed by atoms with Gasteiger partial charge in [0.2, 0.25) is 10.0 Å². The van der Waals surface area contributed by atoms with E-state index < -0.39 is 16.1 Å². The highest BCUT2D eigenvalue weighted by Gasteiger charge is 2.31. The number of hydrogen-bond acceptors (Lipinski definition) is 5. The van der Waals surface area contributed by atoms with E-state index in [4.69, 9.17) is 9.84 Å². The van der Waals surface area contributed by atoms with Gasteiger partial charge in [-0.2, -0.15) is 4.31 Å². The molecule has 0 spiro atoms. The van der Waals surface area contributed by atoms with E-state index in [0.717, 1.165) is 6.54 Å². The fourth-order valence-electron chi connectivity index (χ4n) is 1.84. The maximum absolute atomic E-state index is 12.0. The molecule has 2 atom stereocenters. The third-order valence-electron chi connectivity index (χ3n) is 2.68. The maximum atomic E-state index is 12.0. The Morgan fingerprint density at radius 1 is 1.47 bits per heavy atom. The molecule has 17 heavy (non-hydrogen) atoms. The van der Waals surface area contributed by atoms with Crippen molar-refractivity contribution in [2.45, 2.75) is 26.1 Å². The molecule has 0 aromatic rings. The molecule has 1 rings (SSSR count). The van der Waals surface area contributed by atoms with Crippen LogP contribution in [0.5, 0.6) is 0 Å². The molecule has 0 radical (unpaired) electrons. The van der Waals surface area contributed by atoms with Crippen molar-refractivity contribution in [3.05, 3.63) is 0 Å². The Labute approximate surface area is 103 Å². The van der Waals surface area contributed by atoms with Crippen LogP contribution in [0.4, 0.5) is 0 Å². The van der Waals surface area contributed by atoms with Crippen LogP contribution < -0.4 is 5.32 Å². The molecule has 1 aliphatic rings. The van der Waals surface area contributed by atoms with E-state index in [-0.39, 0.29) is 25.0 Å². The predicted octanol–water partition coefficient (Wildman–Crippen LogP) is -0.993. The molecule has 0 aliphatic carbocycles. The van der Waals surface area contributed by atoms with Crippen molar-refractivity contribution >= 4 is 10.0 Å². The van der Waals surface area contributed by atoms with Gasteiger partial charge in [0.25, 0.3) is 0 Å². The lowest BCUT2D eigenvalue weighted by Gasteiger charge is -2.35. The standard InChI is InChI=1S/C10H22N2O4S/c1-3-11-4-5-17(14,15)12-6-9(2)16-10(7-12)8-13/h9-11,13H,3-8H2,1-2H3. The second kappa shape index (κ2) is 6.65. The molecule has 0 saturated carbocycles. The van der Waals surface area contributed by atoms with E-state index in [1.54, 1.807) is 0 Å². The van der Waals surface area contributed by atoms with E-state index in [1.165, 1.54) is 4.31 Å². The Balaban J connectivity index is 2.57. The van der Waals surface area contributed by atoms with Crippen LogP contribution >= 0.6 is 0 Å². The fourth-order valence-corrected chi connectivity index (χ4v) is 3.33. The van der Waals surface area contributed by atoms with Gasteiger partial charge in [-0.3, -0.25) is 0 Å². The summed E-state index contributed by atoms with van der Waals surface area (Å²) in [5, 5.41) is 12.0. The van der Waals surface area contributed by atoms with E-state index in [9.17, 15) is 8.42 Å². The normalized spacial score (nSPS) is 27.2. The first-order valence-corrected chi connectivity index (χ1v) is 7.55. The number of nitrogens with one attached hydrogen (secondary N) is 1. The molecule has 1 heterocycles. The van der Waals surface area contributed by atoms with Crippen molar-refractivity contribution in [1.29, 1.82) is 0 Å². The summed E-state index contributed by atoms with van der Waals surface area (Å²) in [6, 6.07) is 0. The van der Waals surface area contributed by atoms with E-state index >= 15 is 0 Å². The summed E-state index contributed by atoms with van der Waals surface area (Å²) >= 11 is 0. The van der Waals surface area contributed by atoms with Crippen LogP contribution in [0, 0.1) is 0 Å². The molecule has 2 unspecified atom stereocenters. The minimum absolute atomic E-state index is 0.0890. The third kappa shape index (κ3) is 4.51. The van der Waals surface area contributed by atoms with Crippen molar-refractivity contribution in [1.82, 2.24) is 9.62 Å². The molecule has 7 heteroatoms. The lowest BCUT2D eigenvalue weighted by molar-refractivity contribution is -0.0750. The Bertz CT molecular complexity index is 320. The highest BCUT2D eigenvalue weighted by atomic mass is 32.2. The number of aliphatic hydroxyl groups excluding tert-OH is 1. The Hall–Kier alpha value is -0.210. The second-order valence-electron chi connectivity index (χ2n) is 4.24. The highest BCUT2D eigenvalue weighted by molar-refractivity contribution is 7.89. The fraction of sp³-hybridized carbons (Fsp3) is 1.00. The summed E-state index contributed by atoms with van der Waals surface area (Å²) in [6.45, 7) is 5.42. The van der Waals surface area contributed by atoms with Crippen LogP contribution in [0.15, 0.2) is 0 Å². The monoisotopic (exact) mass is 266 g/mol. The molecule has 1 fully saturated rings. The Kier molecular flexibility index (Phi) is 5.81. The van der Waals surface area contributed by atoms with Crippen molar-refractivity contribution < 1.29 is 18.3 Å². The van der Waals surface area contributed by atoms with Gasteiger partial charge >= 0.3 is 0 Å². The SMILES string of the molecule is CCNCCS(=O)(=O)N1CC(C)OC(CO)C1. The maximum Gasteiger partial charge on any atom is 0.215 e. The van der Waals surface area contributed by atoms with Gasteiger partial charge in [-0.15, -0.1) is 0 Å². The molecule has 1 aliphatic heterocycles. The zero-order valence-corrected chi connectivity index (χ0v) is 11.2. The largest absolute Gasteiger partial charge is 0.394 e. The summed E-state index contributed by atoms with van der Waals surface area (Å²) in [5.74, 6) is 0.0890. The number of hydrogen-bond donors (Lipinski definition) is 2. The van der Waals surface area contributed by atoms with Crippen LogP contribution in [0.25, 0.3) is 0 Å². The van der Waals surface area contributed by atoms with Crippen LogP contribution in [-0.2, 0) is 14.8 Å². The Morgan fingerprint density at radius 3 is 2.76 bits per heavy atom. The number of sulfonamides is 1. The summed E-state index contributed by atoms with van der Waals surface area (Å²) in [4.78, 5) is 0. The van der Waals surface area contributed by atoms with Gasteiger partial charge < -0.3 is 15.2 Å². The highest BCUT2D eigenvalue weighted by Crippen LogP contribution is 2.14. The third-order valence-corrected chi connectivity index (χ3v) is 4.48. The summed E-state index contributed by atoms with van der Waals surface area (Å²) in [7, 11) is -3.25. The molecule has 0 bridgehead atoms. The number of aliphatic hydroxyl groups is 1. The van der Waals surface area contributed by atoms with Crippen molar-refractivity contribution in [2.24, 2.45) is 0 Å². The quantitative estimate of drug-likeness (QED) is 0.603. The first-order valence-electron chi connectivity index (χ1n) is 5.94. The van der Waals surface area contributed by atoms with Crippen LogP contribution in [0.1, 0.15) is 13.8 Å². The van der Waals surface area contributed by atoms with Gasteiger partial charge in [-0.05, 0) is 13.5 Å². The van der Waals surface area contributed by atoms with Crippen LogP contribution in [0.2, 0.25) is 0 Å².